The summed E-state index contributed by atoms with van der Waals surface area (Å²) >= 11 is 3.35. The van der Waals surface area contributed by atoms with Crippen LogP contribution in [0, 0.1) is 0 Å². The Hall–Kier alpha value is -2.51. The molecule has 0 unspecified atom stereocenters. The summed E-state index contributed by atoms with van der Waals surface area (Å²) in [6, 6.07) is 11.8. The van der Waals surface area contributed by atoms with Crippen molar-refractivity contribution < 1.29 is 4.74 Å². The second kappa shape index (κ2) is 8.67. The zero-order chi connectivity index (χ0) is 19.3. The smallest absolute Gasteiger partial charge is 0.270 e. The standard InChI is InChI=1S/C21H21BrN4O2/c22-18-3-4-19(24-12-18)14-28-20-10-21(27)26(25-13-20)8-6-15-1-2-16-5-7-23-11-17(16)9-15/h1-4,9-10,12-13,23H,5-8,11,14H2. The third-order valence-electron chi connectivity index (χ3n) is 4.79. The first-order chi connectivity index (χ1) is 13.7. The number of halogens is 1. The lowest BCUT2D eigenvalue weighted by molar-refractivity contribution is 0.297. The summed E-state index contributed by atoms with van der Waals surface area (Å²) in [5.41, 5.74) is 4.61. The summed E-state index contributed by atoms with van der Waals surface area (Å²) in [5.74, 6) is 0.450. The van der Waals surface area contributed by atoms with Crippen molar-refractivity contribution in [3.05, 3.63) is 86.0 Å². The zero-order valence-corrected chi connectivity index (χ0v) is 17.0. The minimum Gasteiger partial charge on any atom is -0.485 e. The average molecular weight is 441 g/mol. The number of hydrogen-bond acceptors (Lipinski definition) is 5. The minimum absolute atomic E-state index is 0.166. The number of aromatic nitrogens is 3. The van der Waals surface area contributed by atoms with Gasteiger partial charge in [-0.25, -0.2) is 4.68 Å². The average Bonchev–Trinajstić information content (AvgIpc) is 2.72. The minimum atomic E-state index is -0.166. The van der Waals surface area contributed by atoms with E-state index in [0.29, 0.717) is 18.9 Å². The third-order valence-corrected chi connectivity index (χ3v) is 5.26. The Kier molecular flexibility index (Phi) is 5.83. The van der Waals surface area contributed by atoms with Crippen molar-refractivity contribution in [1.29, 1.82) is 0 Å². The van der Waals surface area contributed by atoms with Gasteiger partial charge in [0, 0.05) is 29.8 Å². The van der Waals surface area contributed by atoms with Crippen LogP contribution < -0.4 is 15.6 Å². The number of nitrogens with zero attached hydrogens (tertiary/aromatic N) is 3. The van der Waals surface area contributed by atoms with Crippen LogP contribution in [0.3, 0.4) is 0 Å². The highest BCUT2D eigenvalue weighted by Gasteiger charge is 2.09. The normalized spacial score (nSPS) is 13.2. The predicted molar refractivity (Wildman–Crippen MR) is 110 cm³/mol. The van der Waals surface area contributed by atoms with Crippen LogP contribution in [0.4, 0.5) is 0 Å². The van der Waals surface area contributed by atoms with Crippen LogP contribution in [0.1, 0.15) is 22.4 Å². The molecule has 0 radical (unpaired) electrons. The Morgan fingerprint density at radius 1 is 1.14 bits per heavy atom. The monoisotopic (exact) mass is 440 g/mol. The van der Waals surface area contributed by atoms with Gasteiger partial charge in [0.05, 0.1) is 11.9 Å². The van der Waals surface area contributed by atoms with Gasteiger partial charge in [0.25, 0.3) is 5.56 Å². The highest BCUT2D eigenvalue weighted by Crippen LogP contribution is 2.16. The number of aryl methyl sites for hydroxylation is 2. The first-order valence-electron chi connectivity index (χ1n) is 9.29. The highest BCUT2D eigenvalue weighted by atomic mass is 79.9. The van der Waals surface area contributed by atoms with Crippen LogP contribution in [-0.2, 0) is 32.5 Å². The molecule has 0 fully saturated rings. The van der Waals surface area contributed by atoms with Gasteiger partial charge in [0.15, 0.2) is 0 Å². The van der Waals surface area contributed by atoms with Gasteiger partial charge in [-0.05, 0) is 64.1 Å². The van der Waals surface area contributed by atoms with Gasteiger partial charge in [0.2, 0.25) is 0 Å². The summed E-state index contributed by atoms with van der Waals surface area (Å²) in [7, 11) is 0. The van der Waals surface area contributed by atoms with Crippen LogP contribution >= 0.6 is 15.9 Å². The van der Waals surface area contributed by atoms with E-state index >= 15 is 0 Å². The fourth-order valence-electron chi connectivity index (χ4n) is 3.24. The third kappa shape index (κ3) is 4.66. The Balaban J connectivity index is 1.36. The maximum atomic E-state index is 12.3. The first kappa shape index (κ1) is 18.8. The molecule has 1 aliphatic heterocycles. The van der Waals surface area contributed by atoms with Gasteiger partial charge in [-0.1, -0.05) is 18.2 Å². The topological polar surface area (TPSA) is 69.0 Å². The molecule has 1 aromatic carbocycles. The van der Waals surface area contributed by atoms with Crippen molar-refractivity contribution in [1.82, 2.24) is 20.1 Å². The largest absolute Gasteiger partial charge is 0.485 e. The number of pyridine rings is 1. The molecule has 0 aliphatic carbocycles. The molecule has 2 aromatic heterocycles. The molecule has 0 saturated carbocycles. The molecule has 0 bridgehead atoms. The Bertz CT molecular complexity index is 1020. The summed E-state index contributed by atoms with van der Waals surface area (Å²) in [5, 5.41) is 7.64. The van der Waals surface area contributed by atoms with E-state index in [1.165, 1.54) is 27.4 Å². The zero-order valence-electron chi connectivity index (χ0n) is 15.4. The molecule has 1 aliphatic rings. The van der Waals surface area contributed by atoms with E-state index in [4.69, 9.17) is 4.74 Å². The molecule has 0 saturated heterocycles. The van der Waals surface area contributed by atoms with Gasteiger partial charge < -0.3 is 10.1 Å². The lowest BCUT2D eigenvalue weighted by Gasteiger charge is -2.18. The Labute approximate surface area is 171 Å². The van der Waals surface area contributed by atoms with Crippen LogP contribution in [0.5, 0.6) is 5.75 Å². The van der Waals surface area contributed by atoms with E-state index in [1.54, 1.807) is 12.4 Å². The summed E-state index contributed by atoms with van der Waals surface area (Å²) in [4.78, 5) is 16.6. The number of ether oxygens (including phenoxy) is 1. The quantitative estimate of drug-likeness (QED) is 0.637. The van der Waals surface area contributed by atoms with Crippen molar-refractivity contribution in [2.45, 2.75) is 32.5 Å². The lowest BCUT2D eigenvalue weighted by atomic mass is 9.97. The van der Waals surface area contributed by atoms with Crippen LogP contribution in [-0.4, -0.2) is 21.3 Å². The fourth-order valence-corrected chi connectivity index (χ4v) is 3.47. The second-order valence-electron chi connectivity index (χ2n) is 6.79. The van der Waals surface area contributed by atoms with Crippen LogP contribution in [0.25, 0.3) is 0 Å². The van der Waals surface area contributed by atoms with E-state index in [0.717, 1.165) is 36.1 Å². The van der Waals surface area contributed by atoms with Crippen molar-refractivity contribution in [3.8, 4) is 5.75 Å². The van der Waals surface area contributed by atoms with Gasteiger partial charge >= 0.3 is 0 Å². The maximum Gasteiger partial charge on any atom is 0.270 e. The van der Waals surface area contributed by atoms with Gasteiger partial charge in [0.1, 0.15) is 12.4 Å². The van der Waals surface area contributed by atoms with Crippen molar-refractivity contribution in [3.63, 3.8) is 0 Å². The molecule has 28 heavy (non-hydrogen) atoms. The van der Waals surface area contributed by atoms with E-state index < -0.39 is 0 Å². The molecule has 0 amide bonds. The van der Waals surface area contributed by atoms with Gasteiger partial charge in [-0.15, -0.1) is 0 Å². The van der Waals surface area contributed by atoms with Crippen LogP contribution in [0.15, 0.2) is 58.1 Å². The van der Waals surface area contributed by atoms with E-state index in [2.05, 4.69) is 49.5 Å². The van der Waals surface area contributed by atoms with E-state index in [1.807, 2.05) is 12.1 Å². The molecule has 0 spiro atoms. The highest BCUT2D eigenvalue weighted by molar-refractivity contribution is 9.10. The molecule has 6 nitrogen and oxygen atoms in total. The molecule has 0 atom stereocenters. The molecular formula is C21H21BrN4O2. The molecule has 3 aromatic rings. The SMILES string of the molecule is O=c1cc(OCc2ccc(Br)cn2)cnn1CCc1ccc2c(c1)CNCC2. The molecule has 144 valence electrons. The van der Waals surface area contributed by atoms with E-state index in [9.17, 15) is 4.79 Å². The number of fused-ring (bicyclic) bond motifs is 1. The van der Waals surface area contributed by atoms with Gasteiger partial charge in [-0.3, -0.25) is 9.78 Å². The van der Waals surface area contributed by atoms with Crippen molar-refractivity contribution in [2.75, 3.05) is 6.54 Å². The number of benzene rings is 1. The second-order valence-corrected chi connectivity index (χ2v) is 7.70. The summed E-state index contributed by atoms with van der Waals surface area (Å²) < 4.78 is 8.02. The lowest BCUT2D eigenvalue weighted by Crippen LogP contribution is -2.24. The molecular weight excluding hydrogens is 420 g/mol. The fraction of sp³-hybridized carbons (Fsp3) is 0.286. The summed E-state index contributed by atoms with van der Waals surface area (Å²) in [6.45, 7) is 2.79. The molecule has 3 heterocycles. The Morgan fingerprint density at radius 3 is 2.89 bits per heavy atom. The number of nitrogens with one attached hydrogen (secondary N) is 1. The van der Waals surface area contributed by atoms with Crippen molar-refractivity contribution >= 4 is 15.9 Å². The molecule has 1 N–H and O–H groups in total. The maximum absolute atomic E-state index is 12.3. The first-order valence-corrected chi connectivity index (χ1v) is 10.1. The van der Waals surface area contributed by atoms with Crippen molar-refractivity contribution in [2.24, 2.45) is 0 Å². The number of hydrogen-bond donors (Lipinski definition) is 1. The number of rotatable bonds is 6. The predicted octanol–water partition coefficient (Wildman–Crippen LogP) is 2.87. The molecule has 4 rings (SSSR count). The Morgan fingerprint density at radius 2 is 2.07 bits per heavy atom. The van der Waals surface area contributed by atoms with Crippen LogP contribution in [0.2, 0.25) is 0 Å². The van der Waals surface area contributed by atoms with E-state index in [-0.39, 0.29) is 5.56 Å². The van der Waals surface area contributed by atoms with Gasteiger partial charge in [-0.2, -0.15) is 5.10 Å². The molecule has 7 heteroatoms. The summed E-state index contributed by atoms with van der Waals surface area (Å²) in [6.07, 6.45) is 5.14.